The van der Waals surface area contributed by atoms with E-state index in [0.29, 0.717) is 13.1 Å². The van der Waals surface area contributed by atoms with E-state index in [1.54, 1.807) is 0 Å². The maximum atomic E-state index is 12.8. The number of fused-ring (bicyclic) bond motifs is 5. The van der Waals surface area contributed by atoms with Crippen molar-refractivity contribution in [2.24, 2.45) is 11.1 Å². The molecule has 3 aliphatic heterocycles. The Balaban J connectivity index is 1.66. The number of piperazine rings is 1. The lowest BCUT2D eigenvalue weighted by molar-refractivity contribution is -0.0496. The Labute approximate surface area is 175 Å². The molecule has 4 atom stereocenters. The summed E-state index contributed by atoms with van der Waals surface area (Å²) in [4.78, 5) is 22.9. The number of hydrogen-bond donors (Lipinski definition) is 0. The molecule has 2 saturated heterocycles. The Bertz CT molecular complexity index is 790. The maximum absolute atomic E-state index is 12.8. The second-order valence-electron chi connectivity index (χ2n) is 9.36. The van der Waals surface area contributed by atoms with Crippen molar-refractivity contribution in [1.29, 1.82) is 0 Å². The number of benzene rings is 1. The predicted molar refractivity (Wildman–Crippen MR) is 111 cm³/mol. The molecule has 2 fully saturated rings. The molecular formula is C21H28BrN3O3. The average molecular weight is 450 g/mol. The van der Waals surface area contributed by atoms with Crippen molar-refractivity contribution in [2.75, 3.05) is 13.1 Å². The molecular weight excluding hydrogens is 422 g/mol. The predicted octanol–water partition coefficient (Wildman–Crippen LogP) is 3.95. The molecule has 0 N–H and O–H groups in total. The molecule has 3 aliphatic rings. The van der Waals surface area contributed by atoms with Crippen molar-refractivity contribution in [2.45, 2.75) is 63.9 Å². The first-order valence-electron chi connectivity index (χ1n) is 9.81. The third-order valence-electron chi connectivity index (χ3n) is 5.99. The summed E-state index contributed by atoms with van der Waals surface area (Å²) in [5.74, 6) is 0.125. The summed E-state index contributed by atoms with van der Waals surface area (Å²) in [5.41, 5.74) is 0.548. The van der Waals surface area contributed by atoms with Crippen molar-refractivity contribution in [3.05, 3.63) is 35.9 Å². The Kier molecular flexibility index (Phi) is 4.74. The summed E-state index contributed by atoms with van der Waals surface area (Å²) < 4.78 is 6.48. The van der Waals surface area contributed by atoms with Crippen LogP contribution in [0.1, 0.15) is 40.2 Å². The monoisotopic (exact) mass is 449 g/mol. The Hall–Kier alpha value is -1.60. The van der Waals surface area contributed by atoms with E-state index in [2.05, 4.69) is 64.1 Å². The number of nitrogens with zero attached hydrogens (tertiary/aromatic N) is 3. The van der Waals surface area contributed by atoms with E-state index >= 15 is 0 Å². The molecule has 3 heterocycles. The van der Waals surface area contributed by atoms with Crippen molar-refractivity contribution in [3.63, 3.8) is 0 Å². The van der Waals surface area contributed by atoms with Crippen molar-refractivity contribution in [3.8, 4) is 0 Å². The molecule has 0 radical (unpaired) electrons. The van der Waals surface area contributed by atoms with E-state index in [1.165, 1.54) is 5.56 Å². The van der Waals surface area contributed by atoms with Crippen LogP contribution in [-0.4, -0.2) is 57.4 Å². The molecule has 4 rings (SSSR count). The molecule has 0 spiro atoms. The van der Waals surface area contributed by atoms with Gasteiger partial charge in [0, 0.05) is 24.7 Å². The van der Waals surface area contributed by atoms with Gasteiger partial charge in [-0.15, -0.1) is 0 Å². The lowest BCUT2D eigenvalue weighted by atomic mass is 9.89. The summed E-state index contributed by atoms with van der Waals surface area (Å²) in [6.45, 7) is 11.4. The highest BCUT2D eigenvalue weighted by Gasteiger charge is 2.62. The second-order valence-corrected chi connectivity index (χ2v) is 10.2. The standard InChI is InChI=1S/C21H28BrN3O3/c1-20(2,3)27-19(26)24-11-14-16-17(28-23-18(16)22)15(12-24)25(14)21(4,5)13-9-7-6-8-10-13/h6-10,14-17H,11-12H2,1-5H3. The van der Waals surface area contributed by atoms with Gasteiger partial charge in [-0.3, -0.25) is 4.90 Å². The van der Waals surface area contributed by atoms with Gasteiger partial charge in [-0.2, -0.15) is 0 Å². The highest BCUT2D eigenvalue weighted by Crippen LogP contribution is 2.48. The summed E-state index contributed by atoms with van der Waals surface area (Å²) in [5, 5.41) is 4.19. The molecule has 28 heavy (non-hydrogen) atoms. The number of likely N-dealkylation sites (tertiary alicyclic amines) is 1. The van der Waals surface area contributed by atoms with Crippen molar-refractivity contribution < 1.29 is 14.4 Å². The quantitative estimate of drug-likeness (QED) is 0.685. The number of oxime groups is 1. The van der Waals surface area contributed by atoms with Gasteiger partial charge >= 0.3 is 6.09 Å². The number of carbonyl (C=O) groups excluding carboxylic acids is 1. The molecule has 152 valence electrons. The Morgan fingerprint density at radius 1 is 1.14 bits per heavy atom. The first-order chi connectivity index (χ1) is 13.1. The van der Waals surface area contributed by atoms with Crippen LogP contribution in [0.25, 0.3) is 0 Å². The zero-order valence-corrected chi connectivity index (χ0v) is 18.6. The largest absolute Gasteiger partial charge is 0.444 e. The van der Waals surface area contributed by atoms with E-state index in [-0.39, 0.29) is 35.7 Å². The summed E-state index contributed by atoms with van der Waals surface area (Å²) in [6, 6.07) is 10.7. The molecule has 0 saturated carbocycles. The topological polar surface area (TPSA) is 54.4 Å². The lowest BCUT2D eigenvalue weighted by Gasteiger charge is -2.49. The zero-order chi connectivity index (χ0) is 20.3. The molecule has 1 amide bonds. The Morgan fingerprint density at radius 2 is 1.79 bits per heavy atom. The van der Waals surface area contributed by atoms with Crippen LogP contribution in [0.2, 0.25) is 0 Å². The van der Waals surface area contributed by atoms with E-state index < -0.39 is 5.60 Å². The van der Waals surface area contributed by atoms with Crippen molar-refractivity contribution >= 4 is 26.6 Å². The van der Waals surface area contributed by atoms with E-state index in [4.69, 9.17) is 9.57 Å². The zero-order valence-electron chi connectivity index (χ0n) is 17.1. The Morgan fingerprint density at radius 3 is 2.43 bits per heavy atom. The van der Waals surface area contributed by atoms with E-state index in [9.17, 15) is 4.79 Å². The van der Waals surface area contributed by atoms with Gasteiger partial charge in [-0.25, -0.2) is 4.79 Å². The van der Waals surface area contributed by atoms with Crippen LogP contribution in [-0.2, 0) is 15.1 Å². The van der Waals surface area contributed by atoms with E-state index in [0.717, 1.165) is 4.62 Å². The van der Waals surface area contributed by atoms with Gasteiger partial charge in [-0.05, 0) is 56.1 Å². The molecule has 1 aromatic carbocycles. The van der Waals surface area contributed by atoms with Crippen LogP contribution in [0, 0.1) is 5.92 Å². The molecule has 7 heteroatoms. The van der Waals surface area contributed by atoms with Crippen molar-refractivity contribution in [1.82, 2.24) is 9.80 Å². The van der Waals surface area contributed by atoms with Crippen LogP contribution >= 0.6 is 15.9 Å². The fourth-order valence-corrected chi connectivity index (χ4v) is 5.51. The molecule has 6 nitrogen and oxygen atoms in total. The molecule has 1 aromatic rings. The molecule has 2 bridgehead atoms. The van der Waals surface area contributed by atoms with Crippen LogP contribution in [0.3, 0.4) is 0 Å². The normalized spacial score (nSPS) is 29.9. The second kappa shape index (κ2) is 6.73. The molecule has 0 aliphatic carbocycles. The average Bonchev–Trinajstić information content (AvgIpc) is 3.09. The third-order valence-corrected chi connectivity index (χ3v) is 6.66. The van der Waals surface area contributed by atoms with Crippen LogP contribution in [0.4, 0.5) is 4.79 Å². The van der Waals surface area contributed by atoms with E-state index in [1.807, 2.05) is 31.7 Å². The van der Waals surface area contributed by atoms with Gasteiger partial charge < -0.3 is 14.5 Å². The fourth-order valence-electron chi connectivity index (χ4n) is 4.86. The van der Waals surface area contributed by atoms with Gasteiger partial charge in [0.15, 0.2) is 6.10 Å². The first-order valence-corrected chi connectivity index (χ1v) is 10.6. The van der Waals surface area contributed by atoms with Gasteiger partial charge in [0.05, 0.1) is 12.0 Å². The SMILES string of the molecule is CC(C)(C)OC(=O)N1CC2C3ON=C(Br)C3C(C1)N2C(C)(C)c1ccccc1. The minimum Gasteiger partial charge on any atom is -0.444 e. The smallest absolute Gasteiger partial charge is 0.410 e. The number of hydrogen-bond acceptors (Lipinski definition) is 5. The number of carbonyl (C=O) groups is 1. The summed E-state index contributed by atoms with van der Waals surface area (Å²) >= 11 is 3.60. The molecule has 4 unspecified atom stereocenters. The molecule has 0 aromatic heterocycles. The maximum Gasteiger partial charge on any atom is 0.410 e. The highest BCUT2D eigenvalue weighted by atomic mass is 79.9. The van der Waals surface area contributed by atoms with Crippen LogP contribution in [0.5, 0.6) is 0 Å². The number of rotatable bonds is 2. The minimum atomic E-state index is -0.509. The first kappa shape index (κ1) is 19.7. The van der Waals surface area contributed by atoms with Crippen LogP contribution in [0.15, 0.2) is 35.5 Å². The minimum absolute atomic E-state index is 0.0466. The van der Waals surface area contributed by atoms with Gasteiger partial charge in [0.1, 0.15) is 10.2 Å². The van der Waals surface area contributed by atoms with Gasteiger partial charge in [-0.1, -0.05) is 35.5 Å². The van der Waals surface area contributed by atoms with Crippen LogP contribution < -0.4 is 0 Å². The number of ether oxygens (including phenoxy) is 1. The fraction of sp³-hybridized carbons (Fsp3) is 0.619. The summed E-state index contributed by atoms with van der Waals surface area (Å²) in [7, 11) is 0. The van der Waals surface area contributed by atoms with Gasteiger partial charge in [0.25, 0.3) is 0 Å². The number of amides is 1. The van der Waals surface area contributed by atoms with Gasteiger partial charge in [0.2, 0.25) is 0 Å². The number of halogens is 1. The lowest BCUT2D eigenvalue weighted by Crippen LogP contribution is -2.62. The summed E-state index contributed by atoms with van der Waals surface area (Å²) in [6.07, 6.45) is -0.317. The third kappa shape index (κ3) is 3.22. The highest BCUT2D eigenvalue weighted by molar-refractivity contribution is 9.18.